The largest absolute Gasteiger partial charge is 0.317 e. The molecule has 0 aromatic carbocycles. The van der Waals surface area contributed by atoms with Crippen molar-refractivity contribution in [3.05, 3.63) is 0 Å². The standard InChI is InChI=1S/C14H28N2/c1-3-4-5-13(2)16-11-8-14(12-16)6-9-15-10-7-14/h13,15H,3-12H2,1-2H3. The Labute approximate surface area is 101 Å². The van der Waals surface area contributed by atoms with Gasteiger partial charge in [-0.25, -0.2) is 0 Å². The molecule has 0 aromatic heterocycles. The molecule has 0 radical (unpaired) electrons. The summed E-state index contributed by atoms with van der Waals surface area (Å²) in [5, 5.41) is 3.50. The first-order valence-corrected chi connectivity index (χ1v) is 7.20. The van der Waals surface area contributed by atoms with Crippen LogP contribution in [0.1, 0.15) is 52.4 Å². The molecule has 0 amide bonds. The Bertz CT molecular complexity index is 209. The summed E-state index contributed by atoms with van der Waals surface area (Å²) < 4.78 is 0. The van der Waals surface area contributed by atoms with Crippen LogP contribution in [-0.2, 0) is 0 Å². The fourth-order valence-electron chi connectivity index (χ4n) is 3.39. The summed E-state index contributed by atoms with van der Waals surface area (Å²) in [6.07, 6.45) is 8.39. The fraction of sp³-hybridized carbons (Fsp3) is 1.00. The van der Waals surface area contributed by atoms with Crippen molar-refractivity contribution in [2.75, 3.05) is 26.2 Å². The van der Waals surface area contributed by atoms with Gasteiger partial charge in [-0.3, -0.25) is 0 Å². The Morgan fingerprint density at radius 2 is 2.00 bits per heavy atom. The van der Waals surface area contributed by atoms with Crippen molar-refractivity contribution in [2.24, 2.45) is 5.41 Å². The highest BCUT2D eigenvalue weighted by Gasteiger charge is 2.39. The van der Waals surface area contributed by atoms with Crippen molar-refractivity contribution in [2.45, 2.75) is 58.4 Å². The van der Waals surface area contributed by atoms with Crippen LogP contribution in [0.25, 0.3) is 0 Å². The third kappa shape index (κ3) is 2.78. The van der Waals surface area contributed by atoms with Gasteiger partial charge in [-0.05, 0) is 57.7 Å². The van der Waals surface area contributed by atoms with Crippen LogP contribution in [0.2, 0.25) is 0 Å². The summed E-state index contributed by atoms with van der Waals surface area (Å²) in [5.41, 5.74) is 0.686. The molecule has 2 aliphatic rings. The Morgan fingerprint density at radius 1 is 1.25 bits per heavy atom. The smallest absolute Gasteiger partial charge is 0.00671 e. The first kappa shape index (κ1) is 12.4. The van der Waals surface area contributed by atoms with Gasteiger partial charge in [0.1, 0.15) is 0 Å². The lowest BCUT2D eigenvalue weighted by atomic mass is 9.78. The number of rotatable bonds is 4. The highest BCUT2D eigenvalue weighted by atomic mass is 15.2. The molecule has 2 saturated heterocycles. The molecule has 2 rings (SSSR count). The predicted octanol–water partition coefficient (Wildman–Crippen LogP) is 2.64. The van der Waals surface area contributed by atoms with Gasteiger partial charge in [0.05, 0.1) is 0 Å². The van der Waals surface area contributed by atoms with Crippen LogP contribution in [0.3, 0.4) is 0 Å². The lowest BCUT2D eigenvalue weighted by Gasteiger charge is -2.35. The maximum absolute atomic E-state index is 3.50. The molecule has 16 heavy (non-hydrogen) atoms. The molecule has 2 nitrogen and oxygen atoms in total. The van der Waals surface area contributed by atoms with Crippen LogP contribution < -0.4 is 5.32 Å². The summed E-state index contributed by atoms with van der Waals surface area (Å²) in [6, 6.07) is 0.814. The molecule has 2 fully saturated rings. The summed E-state index contributed by atoms with van der Waals surface area (Å²) in [5.74, 6) is 0. The second kappa shape index (κ2) is 5.50. The van der Waals surface area contributed by atoms with Crippen molar-refractivity contribution < 1.29 is 0 Å². The third-order valence-electron chi connectivity index (χ3n) is 4.73. The maximum atomic E-state index is 3.50. The predicted molar refractivity (Wildman–Crippen MR) is 69.7 cm³/mol. The second-order valence-corrected chi connectivity index (χ2v) is 5.96. The topological polar surface area (TPSA) is 15.3 Å². The van der Waals surface area contributed by atoms with E-state index in [4.69, 9.17) is 0 Å². The molecule has 1 N–H and O–H groups in total. The van der Waals surface area contributed by atoms with E-state index in [1.807, 2.05) is 0 Å². The Morgan fingerprint density at radius 3 is 2.69 bits per heavy atom. The minimum atomic E-state index is 0.686. The first-order valence-electron chi connectivity index (χ1n) is 7.20. The van der Waals surface area contributed by atoms with Gasteiger partial charge in [-0.2, -0.15) is 0 Å². The number of hydrogen-bond donors (Lipinski definition) is 1. The van der Waals surface area contributed by atoms with Gasteiger partial charge < -0.3 is 10.2 Å². The van der Waals surface area contributed by atoms with E-state index in [1.165, 1.54) is 64.7 Å². The van der Waals surface area contributed by atoms with E-state index in [0.29, 0.717) is 5.41 Å². The summed E-state index contributed by atoms with van der Waals surface area (Å²) in [4.78, 5) is 2.75. The van der Waals surface area contributed by atoms with Crippen LogP contribution in [0, 0.1) is 5.41 Å². The maximum Gasteiger partial charge on any atom is 0.00671 e. The first-order chi connectivity index (χ1) is 7.76. The molecule has 0 bridgehead atoms. The molecule has 0 saturated carbocycles. The second-order valence-electron chi connectivity index (χ2n) is 5.96. The monoisotopic (exact) mass is 224 g/mol. The molecule has 2 heteroatoms. The molecule has 1 atom stereocenters. The Balaban J connectivity index is 1.82. The van der Waals surface area contributed by atoms with Gasteiger partial charge in [0.25, 0.3) is 0 Å². The zero-order chi connectivity index (χ0) is 11.4. The van der Waals surface area contributed by atoms with Crippen LogP contribution in [-0.4, -0.2) is 37.1 Å². The van der Waals surface area contributed by atoms with Crippen molar-refractivity contribution in [1.82, 2.24) is 10.2 Å². The van der Waals surface area contributed by atoms with Crippen LogP contribution in [0.4, 0.5) is 0 Å². The zero-order valence-corrected chi connectivity index (χ0v) is 11.1. The minimum absolute atomic E-state index is 0.686. The molecule has 94 valence electrons. The van der Waals surface area contributed by atoms with E-state index in [2.05, 4.69) is 24.1 Å². The van der Waals surface area contributed by atoms with Crippen molar-refractivity contribution in [3.63, 3.8) is 0 Å². The zero-order valence-electron chi connectivity index (χ0n) is 11.1. The van der Waals surface area contributed by atoms with E-state index in [9.17, 15) is 0 Å². The molecule has 1 spiro atoms. The SMILES string of the molecule is CCCCC(C)N1CCC2(CCNCC2)C1. The number of piperidine rings is 1. The highest BCUT2D eigenvalue weighted by Crippen LogP contribution is 2.39. The lowest BCUT2D eigenvalue weighted by molar-refractivity contribution is 0.169. The molecule has 0 aromatic rings. The minimum Gasteiger partial charge on any atom is -0.317 e. The summed E-state index contributed by atoms with van der Waals surface area (Å²) in [6.45, 7) is 9.94. The van der Waals surface area contributed by atoms with E-state index in [-0.39, 0.29) is 0 Å². The quantitative estimate of drug-likeness (QED) is 0.790. The van der Waals surface area contributed by atoms with Gasteiger partial charge >= 0.3 is 0 Å². The molecule has 1 unspecified atom stereocenters. The molecular formula is C14H28N2. The van der Waals surface area contributed by atoms with Gasteiger partial charge in [0, 0.05) is 12.6 Å². The van der Waals surface area contributed by atoms with E-state index in [0.717, 1.165) is 6.04 Å². The lowest BCUT2D eigenvalue weighted by Crippen LogP contribution is -2.40. The van der Waals surface area contributed by atoms with Crippen molar-refractivity contribution in [1.29, 1.82) is 0 Å². The summed E-state index contributed by atoms with van der Waals surface area (Å²) in [7, 11) is 0. The van der Waals surface area contributed by atoms with Crippen molar-refractivity contribution in [3.8, 4) is 0 Å². The van der Waals surface area contributed by atoms with Crippen LogP contribution in [0.15, 0.2) is 0 Å². The van der Waals surface area contributed by atoms with Crippen LogP contribution >= 0.6 is 0 Å². The highest BCUT2D eigenvalue weighted by molar-refractivity contribution is 4.94. The number of nitrogens with zero attached hydrogens (tertiary/aromatic N) is 1. The summed E-state index contributed by atoms with van der Waals surface area (Å²) >= 11 is 0. The van der Waals surface area contributed by atoms with Gasteiger partial charge in [0.2, 0.25) is 0 Å². The Kier molecular flexibility index (Phi) is 4.26. The molecule has 2 aliphatic heterocycles. The average molecular weight is 224 g/mol. The normalized spacial score (nSPS) is 27.4. The van der Waals surface area contributed by atoms with Gasteiger partial charge in [0.15, 0.2) is 0 Å². The number of hydrogen-bond acceptors (Lipinski definition) is 2. The van der Waals surface area contributed by atoms with E-state index < -0.39 is 0 Å². The number of unbranched alkanes of at least 4 members (excludes halogenated alkanes) is 1. The van der Waals surface area contributed by atoms with Crippen molar-refractivity contribution >= 4 is 0 Å². The number of nitrogens with one attached hydrogen (secondary N) is 1. The molecule has 2 heterocycles. The fourth-order valence-corrected chi connectivity index (χ4v) is 3.39. The van der Waals surface area contributed by atoms with E-state index in [1.54, 1.807) is 0 Å². The number of likely N-dealkylation sites (tertiary alicyclic amines) is 1. The van der Waals surface area contributed by atoms with E-state index >= 15 is 0 Å². The molecule has 0 aliphatic carbocycles. The third-order valence-corrected chi connectivity index (χ3v) is 4.73. The average Bonchev–Trinajstić information content (AvgIpc) is 2.71. The van der Waals surface area contributed by atoms with Crippen LogP contribution in [0.5, 0.6) is 0 Å². The Hall–Kier alpha value is -0.0800. The van der Waals surface area contributed by atoms with Gasteiger partial charge in [-0.15, -0.1) is 0 Å². The van der Waals surface area contributed by atoms with Gasteiger partial charge in [-0.1, -0.05) is 19.8 Å². The molecular weight excluding hydrogens is 196 g/mol.